The Labute approximate surface area is 116 Å². The van der Waals surface area contributed by atoms with Gasteiger partial charge in [-0.05, 0) is 6.07 Å². The molecular weight excluding hydrogens is 272 g/mol. The normalized spacial score (nSPS) is 11.8. The molecular formula is C12H15ClN2O2S. The molecule has 0 spiro atoms. The molecule has 0 aliphatic heterocycles. The number of oxime groups is 1. The third-order valence-corrected chi connectivity index (χ3v) is 3.17. The van der Waals surface area contributed by atoms with Crippen LogP contribution in [0.2, 0.25) is 5.15 Å². The molecule has 0 aliphatic rings. The van der Waals surface area contributed by atoms with E-state index in [1.807, 2.05) is 6.07 Å². The summed E-state index contributed by atoms with van der Waals surface area (Å²) in [6.07, 6.45) is 3.05. The van der Waals surface area contributed by atoms with Gasteiger partial charge in [0.15, 0.2) is 0 Å². The third-order valence-electron chi connectivity index (χ3n) is 1.68. The minimum atomic E-state index is -0.476. The highest BCUT2D eigenvalue weighted by Gasteiger charge is 2.16. The van der Waals surface area contributed by atoms with E-state index in [-0.39, 0.29) is 4.75 Å². The Balaban J connectivity index is 3.01. The van der Waals surface area contributed by atoms with E-state index in [0.29, 0.717) is 10.7 Å². The summed E-state index contributed by atoms with van der Waals surface area (Å²) in [6, 6.07) is 1.86. The molecule has 0 N–H and O–H groups in total. The summed E-state index contributed by atoms with van der Waals surface area (Å²) < 4.78 is 0.0364. The first-order valence-corrected chi connectivity index (χ1v) is 6.53. The van der Waals surface area contributed by atoms with Crippen molar-refractivity contribution < 1.29 is 9.63 Å². The van der Waals surface area contributed by atoms with E-state index in [1.54, 1.807) is 18.0 Å². The Morgan fingerprint density at radius 1 is 1.56 bits per heavy atom. The Hall–Kier alpha value is -1.07. The average Bonchev–Trinajstić information content (AvgIpc) is 2.19. The maximum Gasteiger partial charge on any atom is 0.331 e. The first kappa shape index (κ1) is 15.0. The zero-order chi connectivity index (χ0) is 13.8. The van der Waals surface area contributed by atoms with Crippen molar-refractivity contribution in [2.45, 2.75) is 37.3 Å². The molecule has 0 radical (unpaired) electrons. The van der Waals surface area contributed by atoms with Crippen molar-refractivity contribution in [3.8, 4) is 0 Å². The second-order valence-electron chi connectivity index (χ2n) is 4.55. The highest BCUT2D eigenvalue weighted by atomic mass is 35.5. The second-order valence-corrected chi connectivity index (χ2v) is 6.77. The molecule has 0 atom stereocenters. The molecule has 98 valence electrons. The summed E-state index contributed by atoms with van der Waals surface area (Å²) in [5.41, 5.74) is 0.653. The van der Waals surface area contributed by atoms with Gasteiger partial charge in [0.1, 0.15) is 5.15 Å². The molecule has 1 heterocycles. The smallest absolute Gasteiger partial charge is 0.319 e. The number of carbonyl (C=O) groups excluding carboxylic acids is 1. The SMILES string of the molecule is CC(=O)ON=Cc1c(SC(C)(C)C)ccnc1Cl. The van der Waals surface area contributed by atoms with Gasteiger partial charge in [-0.15, -0.1) is 11.8 Å². The van der Waals surface area contributed by atoms with Crippen molar-refractivity contribution in [3.63, 3.8) is 0 Å². The number of thioether (sulfide) groups is 1. The van der Waals surface area contributed by atoms with Crippen molar-refractivity contribution in [1.82, 2.24) is 4.98 Å². The van der Waals surface area contributed by atoms with Gasteiger partial charge in [0, 0.05) is 28.3 Å². The molecule has 0 fully saturated rings. The lowest BCUT2D eigenvalue weighted by atomic mass is 10.3. The zero-order valence-corrected chi connectivity index (χ0v) is 12.3. The van der Waals surface area contributed by atoms with Crippen molar-refractivity contribution >= 4 is 35.5 Å². The largest absolute Gasteiger partial charge is 0.331 e. The molecule has 0 bridgehead atoms. The van der Waals surface area contributed by atoms with Gasteiger partial charge < -0.3 is 4.84 Å². The Kier molecular flexibility index (Phi) is 5.16. The second kappa shape index (κ2) is 6.20. The van der Waals surface area contributed by atoms with Crippen molar-refractivity contribution in [2.24, 2.45) is 5.16 Å². The van der Waals surface area contributed by atoms with Crippen LogP contribution in [0.15, 0.2) is 22.3 Å². The summed E-state index contributed by atoms with van der Waals surface area (Å²) in [5.74, 6) is -0.476. The van der Waals surface area contributed by atoms with E-state index in [9.17, 15) is 4.79 Å². The molecule has 4 nitrogen and oxygen atoms in total. The van der Waals surface area contributed by atoms with Gasteiger partial charge in [0.05, 0.1) is 6.21 Å². The molecule has 0 aromatic carbocycles. The van der Waals surface area contributed by atoms with Crippen molar-refractivity contribution in [1.29, 1.82) is 0 Å². The van der Waals surface area contributed by atoms with Crippen LogP contribution in [0.4, 0.5) is 0 Å². The summed E-state index contributed by atoms with van der Waals surface area (Å²) in [4.78, 5) is 20.1. The molecule has 1 rings (SSSR count). The lowest BCUT2D eigenvalue weighted by molar-refractivity contribution is -0.140. The van der Waals surface area contributed by atoms with Gasteiger partial charge in [0.25, 0.3) is 0 Å². The first-order chi connectivity index (χ1) is 8.29. The van der Waals surface area contributed by atoms with Crippen molar-refractivity contribution in [3.05, 3.63) is 23.0 Å². The number of pyridine rings is 1. The van der Waals surface area contributed by atoms with Crippen LogP contribution < -0.4 is 0 Å². The number of rotatable bonds is 3. The molecule has 0 saturated heterocycles. The number of halogens is 1. The number of hydrogen-bond donors (Lipinski definition) is 0. The molecule has 6 heteroatoms. The molecule has 18 heavy (non-hydrogen) atoms. The number of hydrogen-bond acceptors (Lipinski definition) is 5. The molecule has 0 saturated carbocycles. The van der Waals surface area contributed by atoms with E-state index in [0.717, 1.165) is 4.90 Å². The highest BCUT2D eigenvalue weighted by Crippen LogP contribution is 2.35. The van der Waals surface area contributed by atoms with Crippen LogP contribution in [0.25, 0.3) is 0 Å². The van der Waals surface area contributed by atoms with Crippen LogP contribution in [0.5, 0.6) is 0 Å². The minimum absolute atomic E-state index is 0.0364. The summed E-state index contributed by atoms with van der Waals surface area (Å²) in [7, 11) is 0. The van der Waals surface area contributed by atoms with E-state index in [2.05, 4.69) is 35.7 Å². The van der Waals surface area contributed by atoms with E-state index in [4.69, 9.17) is 11.6 Å². The van der Waals surface area contributed by atoms with E-state index >= 15 is 0 Å². The fourth-order valence-electron chi connectivity index (χ4n) is 1.12. The van der Waals surface area contributed by atoms with Gasteiger partial charge in [-0.2, -0.15) is 0 Å². The van der Waals surface area contributed by atoms with Gasteiger partial charge in [0.2, 0.25) is 0 Å². The van der Waals surface area contributed by atoms with Gasteiger partial charge in [-0.3, -0.25) is 0 Å². The fourth-order valence-corrected chi connectivity index (χ4v) is 2.43. The lowest BCUT2D eigenvalue weighted by Gasteiger charge is -2.18. The minimum Gasteiger partial charge on any atom is -0.319 e. The number of nitrogens with zero attached hydrogens (tertiary/aromatic N) is 2. The van der Waals surface area contributed by atoms with Crippen LogP contribution in [0.3, 0.4) is 0 Å². The topological polar surface area (TPSA) is 51.5 Å². The third kappa shape index (κ3) is 5.06. The zero-order valence-electron chi connectivity index (χ0n) is 10.7. The molecule has 1 aromatic rings. The highest BCUT2D eigenvalue weighted by molar-refractivity contribution is 8.00. The summed E-state index contributed by atoms with van der Waals surface area (Å²) in [5, 5.41) is 3.91. The van der Waals surface area contributed by atoms with Gasteiger partial charge in [-0.25, -0.2) is 9.78 Å². The number of aromatic nitrogens is 1. The molecule has 0 unspecified atom stereocenters. The average molecular weight is 287 g/mol. The van der Waals surface area contributed by atoms with Gasteiger partial charge >= 0.3 is 5.97 Å². The number of carbonyl (C=O) groups is 1. The first-order valence-electron chi connectivity index (χ1n) is 5.34. The van der Waals surface area contributed by atoms with Crippen LogP contribution in [-0.2, 0) is 9.63 Å². The van der Waals surface area contributed by atoms with Crippen LogP contribution in [0.1, 0.15) is 33.3 Å². The van der Waals surface area contributed by atoms with Crippen LogP contribution >= 0.6 is 23.4 Å². The molecule has 1 aromatic heterocycles. The molecule has 0 aliphatic carbocycles. The Bertz CT molecular complexity index is 470. The predicted molar refractivity (Wildman–Crippen MR) is 74.2 cm³/mol. The fraction of sp³-hybridized carbons (Fsp3) is 0.417. The Morgan fingerprint density at radius 2 is 2.22 bits per heavy atom. The lowest BCUT2D eigenvalue weighted by Crippen LogP contribution is -2.08. The standard InChI is InChI=1S/C12H15ClN2O2S/c1-8(16)17-15-7-9-10(18-12(2,3)4)5-6-14-11(9)13/h5-7H,1-4H3. The van der Waals surface area contributed by atoms with Crippen LogP contribution in [0, 0.1) is 0 Å². The predicted octanol–water partition coefficient (Wildman–Crippen LogP) is 3.52. The quantitative estimate of drug-likeness (QED) is 0.280. The monoisotopic (exact) mass is 286 g/mol. The Morgan fingerprint density at radius 3 is 2.78 bits per heavy atom. The molecule has 0 amide bonds. The van der Waals surface area contributed by atoms with E-state index in [1.165, 1.54) is 13.1 Å². The summed E-state index contributed by atoms with van der Waals surface area (Å²) in [6.45, 7) is 7.57. The maximum absolute atomic E-state index is 10.6. The maximum atomic E-state index is 10.6. The van der Waals surface area contributed by atoms with Gasteiger partial charge in [-0.1, -0.05) is 37.5 Å². The van der Waals surface area contributed by atoms with E-state index < -0.39 is 5.97 Å². The summed E-state index contributed by atoms with van der Waals surface area (Å²) >= 11 is 7.66. The van der Waals surface area contributed by atoms with Crippen LogP contribution in [-0.4, -0.2) is 21.9 Å². The van der Waals surface area contributed by atoms with Crippen molar-refractivity contribution in [2.75, 3.05) is 0 Å².